The Hall–Kier alpha value is -0.203. The van der Waals surface area contributed by atoms with Crippen LogP contribution in [0.15, 0.2) is 28.0 Å². The number of allylic oxidation sites excluding steroid dienone is 4. The molecule has 0 N–H and O–H groups in total. The van der Waals surface area contributed by atoms with Gasteiger partial charge in [0, 0.05) is 0 Å². The Morgan fingerprint density at radius 3 is 2.13 bits per heavy atom. The van der Waals surface area contributed by atoms with Crippen LogP contribution in [0.25, 0.3) is 0 Å². The average Bonchev–Trinajstić information content (AvgIpc) is 2.75. The van der Waals surface area contributed by atoms with E-state index in [0.717, 1.165) is 14.2 Å². The van der Waals surface area contributed by atoms with Crippen LogP contribution in [0.4, 0.5) is 0 Å². The summed E-state index contributed by atoms with van der Waals surface area (Å²) in [4.78, 5) is 29.8. The molecule has 0 amide bonds. The van der Waals surface area contributed by atoms with Crippen LogP contribution < -0.4 is 0 Å². The quantitative estimate of drug-likeness (QED) is 0.390. The Morgan fingerprint density at radius 1 is 1.33 bits per heavy atom. The summed E-state index contributed by atoms with van der Waals surface area (Å²) in [6.45, 7) is 2.06. The fourth-order valence-corrected chi connectivity index (χ4v) is 5.15. The van der Waals surface area contributed by atoms with Gasteiger partial charge in [0.1, 0.15) is 0 Å². The van der Waals surface area contributed by atoms with Gasteiger partial charge in [0.2, 0.25) is 0 Å². The molecule has 1 aliphatic carbocycles. The third-order valence-electron chi connectivity index (χ3n) is 1.53. The molecule has 6 heteroatoms. The summed E-state index contributed by atoms with van der Waals surface area (Å²) in [5.41, 5.74) is 0. The molecule has 0 aromatic rings. The van der Waals surface area contributed by atoms with Crippen molar-refractivity contribution in [2.75, 3.05) is 0 Å². The van der Waals surface area contributed by atoms with Crippen LogP contribution in [0, 0.1) is 4.91 Å². The Labute approximate surface area is 104 Å². The monoisotopic (exact) mass is 550 g/mol. The van der Waals surface area contributed by atoms with Crippen molar-refractivity contribution in [2.45, 2.75) is 16.0 Å². The fraction of sp³-hybridized carbons (Fsp3) is 0.333. The van der Waals surface area contributed by atoms with Crippen LogP contribution in [0.3, 0.4) is 0 Å². The average molecular weight is 550 g/mol. The third kappa shape index (κ3) is 6.81. The maximum absolute atomic E-state index is 10.3. The van der Waals surface area contributed by atoms with E-state index >= 15 is 0 Å². The number of hydrogen-bond donors (Lipinski definition) is 0. The molecule has 0 atom stereocenters. The molecule has 15 heavy (non-hydrogen) atoms. The summed E-state index contributed by atoms with van der Waals surface area (Å²) in [5.74, 6) is 0. The molecular weight excluding hydrogens is 538 g/mol. The van der Waals surface area contributed by atoms with Crippen molar-refractivity contribution in [3.05, 3.63) is 29.2 Å². The molecule has 0 spiro atoms. The zero-order valence-corrected chi connectivity index (χ0v) is 14.1. The topological polar surface area (TPSA) is 63.6 Å². The van der Waals surface area contributed by atoms with Gasteiger partial charge in [-0.3, -0.25) is 0 Å². The predicted molar refractivity (Wildman–Crippen MR) is 51.8 cm³/mol. The van der Waals surface area contributed by atoms with Crippen molar-refractivity contribution in [3.8, 4) is 0 Å². The van der Waals surface area contributed by atoms with E-state index in [2.05, 4.69) is 22.8 Å². The van der Waals surface area contributed by atoms with Gasteiger partial charge < -0.3 is 0 Å². The number of hydrogen-bond acceptors (Lipinski definition) is 4. The minimum atomic E-state index is -1.86. The summed E-state index contributed by atoms with van der Waals surface area (Å²) in [6.07, 6.45) is 8.20. The first-order valence-electron chi connectivity index (χ1n) is 4.21. The Morgan fingerprint density at radius 2 is 1.87 bits per heavy atom. The molecule has 4 nitrogen and oxygen atoms in total. The summed E-state index contributed by atoms with van der Waals surface area (Å²) in [5, 5.41) is 0. The van der Waals surface area contributed by atoms with Crippen molar-refractivity contribution in [2.24, 2.45) is 3.74 Å². The molecule has 0 aromatic heterocycles. The van der Waals surface area contributed by atoms with Crippen LogP contribution in [-0.4, -0.2) is 9.35 Å². The van der Waals surface area contributed by atoms with Crippen LogP contribution in [0.2, 0.25) is 9.12 Å². The van der Waals surface area contributed by atoms with Gasteiger partial charge in [-0.05, 0) is 0 Å². The molecule has 0 saturated heterocycles. The molecule has 0 bridgehead atoms. The molecule has 0 fully saturated rings. The molecule has 0 radical (unpaired) electrons. The SMILES string of the molecule is C[CH2][W]([N]=O)[CH]1C=CC=C1.O=[CH][W][CH]=O. The number of rotatable bonds is 5. The van der Waals surface area contributed by atoms with Crippen molar-refractivity contribution in [1.82, 2.24) is 0 Å². The van der Waals surface area contributed by atoms with Gasteiger partial charge in [0.05, 0.1) is 0 Å². The summed E-state index contributed by atoms with van der Waals surface area (Å²) >= 11 is -2.98. The van der Waals surface area contributed by atoms with Gasteiger partial charge in [0.25, 0.3) is 0 Å². The number of nitroso groups, excluding NO2 is 1. The van der Waals surface area contributed by atoms with E-state index in [9.17, 15) is 14.5 Å². The van der Waals surface area contributed by atoms with Crippen LogP contribution in [0.5, 0.6) is 0 Å². The van der Waals surface area contributed by atoms with E-state index in [4.69, 9.17) is 0 Å². The first kappa shape index (κ1) is 14.8. The van der Waals surface area contributed by atoms with E-state index in [-0.39, 0.29) is 0 Å². The Bertz CT molecular complexity index is 248. The summed E-state index contributed by atoms with van der Waals surface area (Å²) in [6, 6.07) is 0. The molecule has 0 aliphatic heterocycles. The summed E-state index contributed by atoms with van der Waals surface area (Å²) < 4.78 is 5.14. The first-order chi connectivity index (χ1) is 7.29. The first-order valence-corrected chi connectivity index (χ1v) is 12.7. The molecule has 1 aliphatic rings. The van der Waals surface area contributed by atoms with Gasteiger partial charge in [-0.1, -0.05) is 0 Å². The molecule has 1 rings (SSSR count). The third-order valence-corrected chi connectivity index (χ3v) is 8.53. The van der Waals surface area contributed by atoms with E-state index in [1.54, 1.807) is 0 Å². The summed E-state index contributed by atoms with van der Waals surface area (Å²) in [7, 11) is 0. The van der Waals surface area contributed by atoms with Gasteiger partial charge in [0.15, 0.2) is 0 Å². The van der Waals surface area contributed by atoms with Crippen molar-refractivity contribution in [3.63, 3.8) is 0 Å². The van der Waals surface area contributed by atoms with E-state index < -0.39 is 36.1 Å². The molecule has 0 aromatic carbocycles. The van der Waals surface area contributed by atoms with Gasteiger partial charge in [-0.15, -0.1) is 0 Å². The second-order valence-electron chi connectivity index (χ2n) is 2.33. The molecule has 0 heterocycles. The maximum atomic E-state index is 10.3. The Balaban J connectivity index is 0.000000336. The van der Waals surface area contributed by atoms with Gasteiger partial charge in [-0.25, -0.2) is 0 Å². The normalized spacial score (nSPS) is 13.5. The van der Waals surface area contributed by atoms with Crippen molar-refractivity contribution < 1.29 is 45.7 Å². The van der Waals surface area contributed by atoms with Crippen LogP contribution >= 0.6 is 0 Å². The van der Waals surface area contributed by atoms with E-state index in [1.807, 2.05) is 12.2 Å². The zero-order chi connectivity index (χ0) is 11.5. The van der Waals surface area contributed by atoms with Crippen molar-refractivity contribution >= 4 is 9.35 Å². The Kier molecular flexibility index (Phi) is 10.2. The second kappa shape index (κ2) is 10.3. The molecule has 83 valence electrons. The standard InChI is InChI=1S/C5H5.C2H5.2CHO.NO.2W/c1-2-4-5-3-1;4*1-2;;/h1-5H;1H2,2H3;2*1H;;;/q;;;;-1;;+1. The van der Waals surface area contributed by atoms with Crippen molar-refractivity contribution in [1.29, 1.82) is 0 Å². The second-order valence-corrected chi connectivity index (χ2v) is 12.1. The van der Waals surface area contributed by atoms with E-state index in [0.29, 0.717) is 4.31 Å². The minimum absolute atomic E-state index is 0.447. The zero-order valence-electron chi connectivity index (χ0n) is 8.24. The van der Waals surface area contributed by atoms with Crippen LogP contribution in [0.1, 0.15) is 6.92 Å². The molecular formula is C9H12NO3W2. The fourth-order valence-electron chi connectivity index (χ4n) is 0.910. The van der Waals surface area contributed by atoms with E-state index in [1.165, 1.54) is 0 Å². The number of nitrogens with zero attached hydrogens (tertiary/aromatic N) is 1. The van der Waals surface area contributed by atoms with Crippen LogP contribution in [-0.2, 0) is 45.7 Å². The van der Waals surface area contributed by atoms with Gasteiger partial charge >= 0.3 is 104 Å². The molecule has 0 unspecified atom stereocenters. The van der Waals surface area contributed by atoms with Gasteiger partial charge in [-0.2, -0.15) is 0 Å². The predicted octanol–water partition coefficient (Wildman–Crippen LogP) is 2.09. The number of carbonyl (C=O) groups excluding carboxylic acids is 2. The molecule has 0 saturated carbocycles. The number of carbonyl (C=O) groups is 2.